The van der Waals surface area contributed by atoms with Crippen LogP contribution in [-0.2, 0) is 9.59 Å². The fourth-order valence-electron chi connectivity index (χ4n) is 1.73. The van der Waals surface area contributed by atoms with Gasteiger partial charge >= 0.3 is 0 Å². The highest BCUT2D eigenvalue weighted by molar-refractivity contribution is 5.78. The van der Waals surface area contributed by atoms with Gasteiger partial charge in [-0.2, -0.15) is 0 Å². The minimum Gasteiger partial charge on any atom is -0.352 e. The van der Waals surface area contributed by atoms with Gasteiger partial charge in [0.2, 0.25) is 11.8 Å². The molecule has 1 saturated heterocycles. The third kappa shape index (κ3) is 2.72. The van der Waals surface area contributed by atoms with Crippen LogP contribution in [0.25, 0.3) is 0 Å². The SMILES string of the molecule is CC(=O)NC1CCN(C(=O)C(C)C)C1. The van der Waals surface area contributed by atoms with Crippen molar-refractivity contribution < 1.29 is 9.59 Å². The molecular weight excluding hydrogens is 180 g/mol. The lowest BCUT2D eigenvalue weighted by atomic mass is 10.2. The van der Waals surface area contributed by atoms with Crippen LogP contribution < -0.4 is 5.32 Å². The van der Waals surface area contributed by atoms with Gasteiger partial charge in [-0.15, -0.1) is 0 Å². The average Bonchev–Trinajstić information content (AvgIpc) is 2.50. The summed E-state index contributed by atoms with van der Waals surface area (Å²) < 4.78 is 0. The van der Waals surface area contributed by atoms with Gasteiger partial charge in [-0.05, 0) is 6.42 Å². The largest absolute Gasteiger partial charge is 0.352 e. The minimum atomic E-state index is -0.0196. The van der Waals surface area contributed by atoms with Gasteiger partial charge < -0.3 is 10.2 Å². The Hall–Kier alpha value is -1.06. The summed E-state index contributed by atoms with van der Waals surface area (Å²) in [4.78, 5) is 24.2. The Morgan fingerprint density at radius 2 is 2.07 bits per heavy atom. The normalized spacial score (nSPS) is 21.4. The first kappa shape index (κ1) is 11.0. The van der Waals surface area contributed by atoms with E-state index in [1.165, 1.54) is 6.92 Å². The maximum absolute atomic E-state index is 11.6. The summed E-state index contributed by atoms with van der Waals surface area (Å²) in [6, 6.07) is 0.148. The Morgan fingerprint density at radius 3 is 2.57 bits per heavy atom. The number of likely N-dealkylation sites (tertiary alicyclic amines) is 1. The Morgan fingerprint density at radius 1 is 1.43 bits per heavy atom. The molecule has 0 saturated carbocycles. The summed E-state index contributed by atoms with van der Waals surface area (Å²) in [5, 5.41) is 2.83. The third-order valence-corrected chi connectivity index (χ3v) is 2.40. The smallest absolute Gasteiger partial charge is 0.225 e. The molecule has 0 aromatic rings. The number of carbonyl (C=O) groups excluding carboxylic acids is 2. The second kappa shape index (κ2) is 4.44. The lowest BCUT2D eigenvalue weighted by Crippen LogP contribution is -2.38. The van der Waals surface area contributed by atoms with E-state index in [0.29, 0.717) is 6.54 Å². The predicted molar refractivity (Wildman–Crippen MR) is 53.6 cm³/mol. The van der Waals surface area contributed by atoms with Crippen molar-refractivity contribution in [1.29, 1.82) is 0 Å². The molecular formula is C10H18N2O2. The van der Waals surface area contributed by atoms with E-state index in [0.717, 1.165) is 13.0 Å². The van der Waals surface area contributed by atoms with Gasteiger partial charge in [0.25, 0.3) is 0 Å². The molecule has 0 spiro atoms. The van der Waals surface area contributed by atoms with Crippen LogP contribution in [0.2, 0.25) is 0 Å². The maximum Gasteiger partial charge on any atom is 0.225 e. The maximum atomic E-state index is 11.6. The molecule has 0 bridgehead atoms. The molecule has 1 fully saturated rings. The van der Waals surface area contributed by atoms with E-state index in [1.807, 2.05) is 18.7 Å². The second-order valence-corrected chi connectivity index (χ2v) is 4.13. The van der Waals surface area contributed by atoms with E-state index in [2.05, 4.69) is 5.32 Å². The monoisotopic (exact) mass is 198 g/mol. The van der Waals surface area contributed by atoms with Crippen LogP contribution >= 0.6 is 0 Å². The zero-order valence-electron chi connectivity index (χ0n) is 9.04. The molecule has 0 aromatic carbocycles. The van der Waals surface area contributed by atoms with Crippen LogP contribution in [0.3, 0.4) is 0 Å². The third-order valence-electron chi connectivity index (χ3n) is 2.40. The first-order valence-electron chi connectivity index (χ1n) is 5.06. The number of rotatable bonds is 2. The second-order valence-electron chi connectivity index (χ2n) is 4.13. The van der Waals surface area contributed by atoms with Gasteiger partial charge in [0.05, 0.1) is 0 Å². The summed E-state index contributed by atoms with van der Waals surface area (Å²) >= 11 is 0. The average molecular weight is 198 g/mol. The molecule has 0 aromatic heterocycles. The van der Waals surface area contributed by atoms with Crippen LogP contribution in [0, 0.1) is 5.92 Å². The summed E-state index contributed by atoms with van der Waals surface area (Å²) in [6.07, 6.45) is 0.873. The van der Waals surface area contributed by atoms with Gasteiger partial charge in [-0.1, -0.05) is 13.8 Å². The molecule has 14 heavy (non-hydrogen) atoms. The van der Waals surface area contributed by atoms with Crippen molar-refractivity contribution in [3.05, 3.63) is 0 Å². The number of hydrogen-bond donors (Lipinski definition) is 1. The highest BCUT2D eigenvalue weighted by Gasteiger charge is 2.27. The fraction of sp³-hybridized carbons (Fsp3) is 0.800. The number of nitrogens with zero attached hydrogens (tertiary/aromatic N) is 1. The van der Waals surface area contributed by atoms with Crippen molar-refractivity contribution in [1.82, 2.24) is 10.2 Å². The van der Waals surface area contributed by atoms with Crippen LogP contribution in [0.15, 0.2) is 0 Å². The molecule has 80 valence electrons. The number of hydrogen-bond acceptors (Lipinski definition) is 2. The van der Waals surface area contributed by atoms with Crippen molar-refractivity contribution in [3.8, 4) is 0 Å². The molecule has 0 radical (unpaired) electrons. The lowest BCUT2D eigenvalue weighted by Gasteiger charge is -2.18. The lowest BCUT2D eigenvalue weighted by molar-refractivity contribution is -0.133. The van der Waals surface area contributed by atoms with Crippen molar-refractivity contribution in [2.45, 2.75) is 33.2 Å². The zero-order valence-corrected chi connectivity index (χ0v) is 9.04. The van der Waals surface area contributed by atoms with Crippen LogP contribution in [0.5, 0.6) is 0 Å². The highest BCUT2D eigenvalue weighted by Crippen LogP contribution is 2.12. The highest BCUT2D eigenvalue weighted by atomic mass is 16.2. The number of amides is 2. The van der Waals surface area contributed by atoms with Crippen LogP contribution in [0.4, 0.5) is 0 Å². The van der Waals surface area contributed by atoms with E-state index in [9.17, 15) is 9.59 Å². The Balaban J connectivity index is 2.41. The first-order chi connectivity index (χ1) is 6.50. The fourth-order valence-corrected chi connectivity index (χ4v) is 1.73. The Bertz CT molecular complexity index is 238. The van der Waals surface area contributed by atoms with E-state index < -0.39 is 0 Å². The topological polar surface area (TPSA) is 49.4 Å². The van der Waals surface area contributed by atoms with Gasteiger partial charge in [0.1, 0.15) is 0 Å². The summed E-state index contributed by atoms with van der Waals surface area (Å²) in [5.74, 6) is 0.206. The molecule has 1 aliphatic rings. The molecule has 2 amide bonds. The standard InChI is InChI=1S/C10H18N2O2/c1-7(2)10(14)12-5-4-9(6-12)11-8(3)13/h7,9H,4-6H2,1-3H3,(H,11,13). The molecule has 0 aliphatic carbocycles. The molecule has 4 heteroatoms. The van der Waals surface area contributed by atoms with Gasteiger partial charge in [-0.25, -0.2) is 0 Å². The minimum absolute atomic E-state index is 0.0196. The van der Waals surface area contributed by atoms with Crippen molar-refractivity contribution in [2.75, 3.05) is 13.1 Å². The van der Waals surface area contributed by atoms with Crippen molar-refractivity contribution in [2.24, 2.45) is 5.92 Å². The van der Waals surface area contributed by atoms with Gasteiger partial charge in [0.15, 0.2) is 0 Å². The van der Waals surface area contributed by atoms with E-state index in [1.54, 1.807) is 0 Å². The molecule has 1 heterocycles. The molecule has 4 nitrogen and oxygen atoms in total. The van der Waals surface area contributed by atoms with E-state index in [-0.39, 0.29) is 23.8 Å². The van der Waals surface area contributed by atoms with Crippen LogP contribution in [0.1, 0.15) is 27.2 Å². The zero-order chi connectivity index (χ0) is 10.7. The van der Waals surface area contributed by atoms with Gasteiger partial charge in [0, 0.05) is 32.0 Å². The summed E-state index contributed by atoms with van der Waals surface area (Å²) in [6.45, 7) is 6.73. The van der Waals surface area contributed by atoms with Gasteiger partial charge in [-0.3, -0.25) is 9.59 Å². The quantitative estimate of drug-likeness (QED) is 0.697. The number of nitrogens with one attached hydrogen (secondary N) is 1. The number of carbonyl (C=O) groups is 2. The van der Waals surface area contributed by atoms with E-state index >= 15 is 0 Å². The predicted octanol–water partition coefficient (Wildman–Crippen LogP) is 0.379. The first-order valence-corrected chi connectivity index (χ1v) is 5.06. The summed E-state index contributed by atoms with van der Waals surface area (Å²) in [5.41, 5.74) is 0. The summed E-state index contributed by atoms with van der Waals surface area (Å²) in [7, 11) is 0. The van der Waals surface area contributed by atoms with Crippen molar-refractivity contribution >= 4 is 11.8 Å². The van der Waals surface area contributed by atoms with E-state index in [4.69, 9.17) is 0 Å². The Labute approximate surface area is 84.7 Å². The molecule has 1 rings (SSSR count). The Kier molecular flexibility index (Phi) is 3.49. The molecule has 1 atom stereocenters. The molecule has 1 unspecified atom stereocenters. The molecule has 1 aliphatic heterocycles. The van der Waals surface area contributed by atoms with Crippen LogP contribution in [-0.4, -0.2) is 35.8 Å². The molecule has 1 N–H and O–H groups in total. The van der Waals surface area contributed by atoms with Crippen molar-refractivity contribution in [3.63, 3.8) is 0 Å².